The molecular weight excluding hydrogens is 1530 g/mol. The van der Waals surface area contributed by atoms with Gasteiger partial charge in [-0.1, -0.05) is 37.8 Å². The molecule has 0 atom stereocenters. The Kier molecular flexibility index (Phi) is 49.1. The molecule has 0 amide bonds. The molecule has 0 radical (unpaired) electrons. The molecule has 556 valence electrons. The van der Waals surface area contributed by atoms with Crippen LogP contribution in [0.25, 0.3) is 0 Å². The zero-order valence-electron chi connectivity index (χ0n) is 59.4. The number of nitrogens with zero attached hydrogens (tertiary/aromatic N) is 9. The van der Waals surface area contributed by atoms with E-state index in [1.807, 2.05) is 106 Å². The van der Waals surface area contributed by atoms with Crippen LogP contribution in [0.2, 0.25) is 0 Å². The summed E-state index contributed by atoms with van der Waals surface area (Å²) in [6, 6.07) is 36.8. The number of benzene rings is 4. The molecule has 4 aliphatic rings. The number of aliphatic hydroxyl groups is 2. The molecule has 0 bridgehead atoms. The summed E-state index contributed by atoms with van der Waals surface area (Å²) >= 11 is 13.9. The largest absolute Gasteiger partial charge is 0.412 e. The van der Waals surface area contributed by atoms with Crippen molar-refractivity contribution < 1.29 is 20.6 Å². The molecule has 0 saturated carbocycles. The molecule has 0 fully saturated rings. The van der Waals surface area contributed by atoms with Crippen LogP contribution in [0.5, 0.6) is 0 Å². The number of thiophene rings is 3. The highest BCUT2D eigenvalue weighted by Crippen LogP contribution is 2.40. The van der Waals surface area contributed by atoms with Crippen molar-refractivity contribution in [2.75, 3.05) is 203 Å². The summed E-state index contributed by atoms with van der Waals surface area (Å²) in [6.07, 6.45) is 3.35. The standard InChI is InChI=1S/2C18H23N3S2.C12H17N3O2S.C12H19N3S.C6H7NS2.2C2H6O.CH4.HI.H4N2.H2O/c2*1-20(2)7-8-21-9-11-23-18-13-14(5-6-16(18)21)12-15(19)17-4-3-10-22-17;1-13(2)5-6-14-7-8-18-12-9-10(15(16)17)3-4-11(12)14;1-14(2)5-6-15-7-8-16-12-9-10(13)3-4-11(12)15;1-8-6(7)5-3-2-4-9-5;2*1-2-3;;;1-2;/h2*3-6,10,13,19H,7-9,11-12H2,1-2H3;3-4,9H,5-8H2,1-2H3;3-4,9H,5-8,13H2,1-2H3;2-4,7H,1H3;2*3H,2H2,1H3;1H4;1H;1-2H2;1H2. The average molecular weight is 1640 g/mol. The Balaban J connectivity index is 0.000000617. The van der Waals surface area contributed by atoms with E-state index in [4.69, 9.17) is 32.2 Å². The van der Waals surface area contributed by atoms with Gasteiger partial charge in [0.15, 0.2) is 0 Å². The van der Waals surface area contributed by atoms with Gasteiger partial charge in [-0.2, -0.15) is 0 Å². The van der Waals surface area contributed by atoms with Gasteiger partial charge in [0.25, 0.3) is 5.69 Å². The van der Waals surface area contributed by atoms with Crippen molar-refractivity contribution in [2.24, 2.45) is 11.7 Å². The Labute approximate surface area is 647 Å². The van der Waals surface area contributed by atoms with Crippen molar-refractivity contribution >= 4 is 167 Å². The van der Waals surface area contributed by atoms with E-state index >= 15 is 0 Å². The molecule has 4 aromatic carbocycles. The number of hydrogen-bond donors (Lipinski definition) is 8. The van der Waals surface area contributed by atoms with Crippen LogP contribution >= 0.6 is 117 Å². The highest BCUT2D eigenvalue weighted by Gasteiger charge is 2.23. The molecule has 0 unspecified atom stereocenters. The molecule has 0 spiro atoms. The van der Waals surface area contributed by atoms with E-state index in [2.05, 4.69) is 156 Å². The fourth-order valence-electron chi connectivity index (χ4n) is 9.74. The Morgan fingerprint density at radius 1 is 0.520 bits per heavy atom. The first kappa shape index (κ1) is 93.5. The van der Waals surface area contributed by atoms with Gasteiger partial charge in [0.05, 0.1) is 44.0 Å². The Bertz CT molecular complexity index is 3270. The maximum absolute atomic E-state index is 10.8. The molecule has 20 nitrogen and oxygen atoms in total. The van der Waals surface area contributed by atoms with Crippen LogP contribution in [0.4, 0.5) is 34.1 Å². The lowest BCUT2D eigenvalue weighted by atomic mass is 10.1. The zero-order chi connectivity index (χ0) is 71.2. The molecule has 3 aromatic heterocycles. The summed E-state index contributed by atoms with van der Waals surface area (Å²) < 4.78 is 0. The summed E-state index contributed by atoms with van der Waals surface area (Å²) in [6.45, 7) is 16.7. The highest BCUT2D eigenvalue weighted by molar-refractivity contribution is 14.0. The van der Waals surface area contributed by atoms with Gasteiger partial charge in [-0.25, -0.2) is 0 Å². The predicted molar refractivity (Wildman–Crippen MR) is 457 cm³/mol. The average Bonchev–Trinajstić information content (AvgIpc) is 0.889. The molecule has 4 aliphatic heterocycles. The van der Waals surface area contributed by atoms with Gasteiger partial charge in [-0.15, -0.1) is 117 Å². The number of nitrogens with two attached hydrogens (primary N) is 3. The number of fused-ring (bicyclic) bond motifs is 4. The Morgan fingerprint density at radius 2 is 0.820 bits per heavy atom. The molecule has 100 heavy (non-hydrogen) atoms. The fraction of sp³-hybridized carbons (Fsp3) is 0.451. The maximum atomic E-state index is 10.8. The van der Waals surface area contributed by atoms with Crippen LogP contribution < -0.4 is 37.0 Å². The van der Waals surface area contributed by atoms with Gasteiger partial charge in [0, 0.05) is 175 Å². The topological polar surface area (TPSA) is 291 Å². The predicted octanol–water partition coefficient (Wildman–Crippen LogP) is 13.2. The van der Waals surface area contributed by atoms with Crippen LogP contribution in [0.15, 0.2) is 145 Å². The van der Waals surface area contributed by atoms with Crippen molar-refractivity contribution in [2.45, 2.75) is 53.7 Å². The maximum Gasteiger partial charge on any atom is 0.270 e. The quantitative estimate of drug-likeness (QED) is 0.00669. The number of likely N-dealkylation sites (N-methyl/N-ethyl adjacent to an activating group) is 4. The number of nitro benzene ring substituents is 1. The molecule has 0 saturated heterocycles. The van der Waals surface area contributed by atoms with Crippen LogP contribution in [0.3, 0.4) is 0 Å². The number of anilines is 5. The van der Waals surface area contributed by atoms with Gasteiger partial charge in [0.2, 0.25) is 0 Å². The van der Waals surface area contributed by atoms with Crippen molar-refractivity contribution in [1.82, 2.24) is 19.6 Å². The van der Waals surface area contributed by atoms with E-state index in [9.17, 15) is 10.1 Å². The lowest BCUT2D eigenvalue weighted by Crippen LogP contribution is -2.35. The number of rotatable bonds is 20. The van der Waals surface area contributed by atoms with Crippen LogP contribution in [0, 0.1) is 26.3 Å². The van der Waals surface area contributed by atoms with Crippen molar-refractivity contribution in [1.29, 1.82) is 16.2 Å². The first-order chi connectivity index (χ1) is 46.7. The lowest BCUT2D eigenvalue weighted by Gasteiger charge is -2.32. The number of hydrazine groups is 1. The normalized spacial score (nSPS) is 12.9. The number of nitro groups is 1. The van der Waals surface area contributed by atoms with Gasteiger partial charge in [0.1, 0.15) is 5.04 Å². The molecule has 0 aliphatic carbocycles. The molecule has 11 rings (SSSR count). The first-order valence-corrected chi connectivity index (χ1v) is 40.0. The summed E-state index contributed by atoms with van der Waals surface area (Å²) in [5.74, 6) is 12.4. The van der Waals surface area contributed by atoms with Gasteiger partial charge >= 0.3 is 0 Å². The third-order valence-electron chi connectivity index (χ3n) is 14.6. The van der Waals surface area contributed by atoms with Crippen molar-refractivity contribution in [3.8, 4) is 0 Å². The van der Waals surface area contributed by atoms with Crippen molar-refractivity contribution in [3.63, 3.8) is 0 Å². The summed E-state index contributed by atoms with van der Waals surface area (Å²) in [5, 5.41) is 56.5. The number of non-ortho nitro benzene ring substituents is 1. The van der Waals surface area contributed by atoms with Gasteiger partial charge < -0.3 is 71.4 Å². The van der Waals surface area contributed by atoms with Gasteiger partial charge in [-0.05, 0) is 170 Å². The van der Waals surface area contributed by atoms with E-state index in [1.54, 1.807) is 71.8 Å². The Morgan fingerprint density at radius 3 is 1.12 bits per heavy atom. The lowest BCUT2D eigenvalue weighted by molar-refractivity contribution is -0.385. The highest BCUT2D eigenvalue weighted by atomic mass is 127. The zero-order valence-corrected chi connectivity index (χ0v) is 68.3. The van der Waals surface area contributed by atoms with Crippen molar-refractivity contribution in [3.05, 3.63) is 161 Å². The SMILES string of the molecule is C.CCO.CCO.CN(C)CCN1CCSc2cc(CC(=N)c3cccs3)ccc21.CN(C)CCN1CCSc2cc(CC(=N)c3cccs3)ccc21.CN(C)CCN1CCSc2cc(N)ccc21.CN(C)CCN1CCSc2cc([N+](=O)[O-])ccc21.CSC(=N)c1cccs1.I.NN.O. The number of nitrogens with one attached hydrogen (secondary N) is 3. The molecular formula is C71H112IN15O5S8. The Hall–Kier alpha value is -4.49. The van der Waals surface area contributed by atoms with E-state index in [0.29, 0.717) is 29.3 Å². The van der Waals surface area contributed by atoms with E-state index in [0.717, 1.165) is 132 Å². The molecule has 7 heterocycles. The second-order valence-electron chi connectivity index (χ2n) is 23.2. The minimum atomic E-state index is -0.334. The van der Waals surface area contributed by atoms with E-state index < -0.39 is 0 Å². The summed E-state index contributed by atoms with van der Waals surface area (Å²) in [7, 11) is 16.8. The second-order valence-corrected chi connectivity index (χ2v) is 31.4. The van der Waals surface area contributed by atoms with E-state index in [-0.39, 0.29) is 60.7 Å². The number of nitrogen functional groups attached to an aromatic ring is 1. The number of thioether (sulfide) groups is 5. The fourth-order valence-corrected chi connectivity index (χ4v) is 16.7. The minimum Gasteiger partial charge on any atom is -0.412 e. The third-order valence-corrected chi connectivity index (χ3v) is 22.2. The monoisotopic (exact) mass is 1640 g/mol. The molecule has 7 aromatic rings. The smallest absolute Gasteiger partial charge is 0.270 e. The van der Waals surface area contributed by atoms with Crippen LogP contribution in [-0.2, 0) is 12.8 Å². The summed E-state index contributed by atoms with van der Waals surface area (Å²) in [5.41, 5.74) is 15.9. The van der Waals surface area contributed by atoms with Crippen LogP contribution in [0.1, 0.15) is 47.0 Å². The first-order valence-electron chi connectivity index (χ1n) is 32.2. The second kappa shape index (κ2) is 52.5. The van der Waals surface area contributed by atoms with E-state index in [1.165, 1.54) is 54.6 Å². The minimum absolute atomic E-state index is 0. The number of aliphatic hydroxyl groups excluding tert-OH is 2. The van der Waals surface area contributed by atoms with Crippen LogP contribution in [-0.4, -0.2) is 234 Å². The molecule has 29 heteroatoms. The molecule has 13 N–H and O–H groups in total. The summed E-state index contributed by atoms with van der Waals surface area (Å²) in [4.78, 5) is 37.3. The number of hydrogen-bond acceptors (Lipinski definition) is 26. The third kappa shape index (κ3) is 33.5. The van der Waals surface area contributed by atoms with Gasteiger partial charge in [-0.3, -0.25) is 27.2 Å². The number of halogens is 1.